The zero-order valence-corrected chi connectivity index (χ0v) is 16.1. The first-order valence-electron chi connectivity index (χ1n) is 9.81. The Kier molecular flexibility index (Phi) is 6.45. The van der Waals surface area contributed by atoms with E-state index in [4.69, 9.17) is 4.74 Å². The molecule has 148 valence electrons. The summed E-state index contributed by atoms with van der Waals surface area (Å²) in [7, 11) is 0. The van der Waals surface area contributed by atoms with Crippen molar-refractivity contribution >= 4 is 11.9 Å². The lowest BCUT2D eigenvalue weighted by atomic mass is 9.78. The Morgan fingerprint density at radius 3 is 2.39 bits per heavy atom. The fraction of sp³-hybridized carbons (Fsp3) is 0.391. The Bertz CT molecular complexity index is 816. The van der Waals surface area contributed by atoms with Gasteiger partial charge in [-0.15, -0.1) is 0 Å². The smallest absolute Gasteiger partial charge is 0.317 e. The van der Waals surface area contributed by atoms with Gasteiger partial charge in [-0.1, -0.05) is 61.4 Å². The molecular formula is C23H26FNO3. The number of nitrogens with one attached hydrogen (secondary N) is 1. The first kappa shape index (κ1) is 20.1. The van der Waals surface area contributed by atoms with E-state index in [1.54, 1.807) is 25.1 Å². The summed E-state index contributed by atoms with van der Waals surface area (Å²) in [6, 6.07) is 16.2. The van der Waals surface area contributed by atoms with E-state index >= 15 is 0 Å². The van der Waals surface area contributed by atoms with E-state index in [-0.39, 0.29) is 5.91 Å². The van der Waals surface area contributed by atoms with Gasteiger partial charge in [0.2, 0.25) is 0 Å². The molecule has 2 aromatic rings. The first-order valence-corrected chi connectivity index (χ1v) is 9.81. The minimum absolute atomic E-state index is 0.342. The van der Waals surface area contributed by atoms with Crippen molar-refractivity contribution in [3.63, 3.8) is 0 Å². The maximum absolute atomic E-state index is 14.4. The molecule has 3 rings (SSSR count). The van der Waals surface area contributed by atoms with E-state index in [1.165, 1.54) is 6.07 Å². The average Bonchev–Trinajstić information content (AvgIpc) is 3.20. The van der Waals surface area contributed by atoms with Gasteiger partial charge in [-0.3, -0.25) is 9.59 Å². The highest BCUT2D eigenvalue weighted by Gasteiger charge is 2.46. The van der Waals surface area contributed by atoms with Gasteiger partial charge in [0, 0.05) is 12.1 Å². The van der Waals surface area contributed by atoms with Crippen molar-refractivity contribution < 1.29 is 18.7 Å². The molecule has 28 heavy (non-hydrogen) atoms. The molecule has 1 saturated carbocycles. The highest BCUT2D eigenvalue weighted by Crippen LogP contribution is 2.43. The normalized spacial score (nSPS) is 16.4. The number of amides is 1. The van der Waals surface area contributed by atoms with Gasteiger partial charge in [-0.05, 0) is 37.8 Å². The van der Waals surface area contributed by atoms with Gasteiger partial charge in [0.05, 0.1) is 5.41 Å². The standard InChI is InChI=1S/C23H26FNO3/c1-17(21(26)25-16-13-18-9-3-2-4-10-18)28-22(27)23(14-7-8-15-23)19-11-5-6-12-20(19)24/h2-6,9-12,17H,7-8,13-16H2,1H3,(H,25,26)/t17-/m1/s1. The van der Waals surface area contributed by atoms with Crippen LogP contribution in [0.15, 0.2) is 54.6 Å². The number of benzene rings is 2. The third kappa shape index (κ3) is 4.41. The Balaban J connectivity index is 1.60. The van der Waals surface area contributed by atoms with Crippen LogP contribution in [0.3, 0.4) is 0 Å². The predicted octanol–water partition coefficient (Wildman–Crippen LogP) is 3.93. The van der Waals surface area contributed by atoms with Gasteiger partial charge in [-0.2, -0.15) is 0 Å². The number of hydrogen-bond acceptors (Lipinski definition) is 3. The Morgan fingerprint density at radius 2 is 1.71 bits per heavy atom. The fourth-order valence-corrected chi connectivity index (χ4v) is 3.86. The number of rotatable bonds is 7. The van der Waals surface area contributed by atoms with E-state index in [1.807, 2.05) is 30.3 Å². The minimum atomic E-state index is -0.996. The molecule has 1 atom stereocenters. The van der Waals surface area contributed by atoms with E-state index in [0.29, 0.717) is 31.4 Å². The molecule has 5 heteroatoms. The molecule has 0 saturated heterocycles. The summed E-state index contributed by atoms with van der Waals surface area (Å²) in [5.41, 5.74) is 0.496. The monoisotopic (exact) mass is 383 g/mol. The van der Waals surface area contributed by atoms with Crippen LogP contribution < -0.4 is 5.32 Å². The Hall–Kier alpha value is -2.69. The number of halogens is 1. The van der Waals surface area contributed by atoms with Crippen LogP contribution >= 0.6 is 0 Å². The quantitative estimate of drug-likeness (QED) is 0.737. The second kappa shape index (κ2) is 9.00. The molecule has 1 aliphatic carbocycles. The molecule has 0 radical (unpaired) electrons. The fourth-order valence-electron chi connectivity index (χ4n) is 3.86. The summed E-state index contributed by atoms with van der Waals surface area (Å²) in [6.07, 6.45) is 2.52. The van der Waals surface area contributed by atoms with Crippen LogP contribution in [-0.2, 0) is 26.2 Å². The van der Waals surface area contributed by atoms with Crippen LogP contribution in [0.25, 0.3) is 0 Å². The van der Waals surface area contributed by atoms with Crippen molar-refractivity contribution in [2.75, 3.05) is 6.54 Å². The maximum atomic E-state index is 14.4. The van der Waals surface area contributed by atoms with Crippen LogP contribution in [-0.4, -0.2) is 24.5 Å². The Labute approximate surface area is 165 Å². The highest BCUT2D eigenvalue weighted by atomic mass is 19.1. The molecule has 1 fully saturated rings. The molecular weight excluding hydrogens is 357 g/mol. The number of esters is 1. The number of carbonyl (C=O) groups is 2. The third-order valence-electron chi connectivity index (χ3n) is 5.45. The SMILES string of the molecule is C[C@@H](OC(=O)C1(c2ccccc2F)CCCC1)C(=O)NCCc1ccccc1. The number of carbonyl (C=O) groups excluding carboxylic acids is 2. The second-order valence-electron chi connectivity index (χ2n) is 7.34. The van der Waals surface area contributed by atoms with E-state index < -0.39 is 23.3 Å². The number of hydrogen-bond donors (Lipinski definition) is 1. The lowest BCUT2D eigenvalue weighted by Gasteiger charge is -2.29. The second-order valence-corrected chi connectivity index (χ2v) is 7.34. The zero-order valence-electron chi connectivity index (χ0n) is 16.1. The summed E-state index contributed by atoms with van der Waals surface area (Å²) in [6.45, 7) is 2.02. The highest BCUT2D eigenvalue weighted by molar-refractivity contribution is 5.88. The number of ether oxygens (including phenoxy) is 1. The molecule has 0 aromatic heterocycles. The van der Waals surface area contributed by atoms with Crippen molar-refractivity contribution in [1.29, 1.82) is 0 Å². The summed E-state index contributed by atoms with van der Waals surface area (Å²) < 4.78 is 19.9. The molecule has 2 aromatic carbocycles. The molecule has 0 aliphatic heterocycles. The van der Waals surface area contributed by atoms with Gasteiger partial charge >= 0.3 is 5.97 Å². The molecule has 1 aliphatic rings. The molecule has 1 amide bonds. The van der Waals surface area contributed by atoms with Gasteiger partial charge in [0.1, 0.15) is 5.82 Å². The molecule has 0 heterocycles. The van der Waals surface area contributed by atoms with Gasteiger partial charge in [0.25, 0.3) is 5.91 Å². The molecule has 1 N–H and O–H groups in total. The largest absolute Gasteiger partial charge is 0.452 e. The van der Waals surface area contributed by atoms with Crippen LogP contribution in [0.4, 0.5) is 4.39 Å². The van der Waals surface area contributed by atoms with Crippen LogP contribution in [0.1, 0.15) is 43.7 Å². The Morgan fingerprint density at radius 1 is 1.07 bits per heavy atom. The first-order chi connectivity index (χ1) is 13.5. The lowest BCUT2D eigenvalue weighted by molar-refractivity contribution is -0.160. The van der Waals surface area contributed by atoms with Gasteiger partial charge in [0.15, 0.2) is 6.10 Å². The average molecular weight is 383 g/mol. The molecule has 0 spiro atoms. The van der Waals surface area contributed by atoms with Crippen molar-refractivity contribution in [3.8, 4) is 0 Å². The van der Waals surface area contributed by atoms with Crippen molar-refractivity contribution in [2.45, 2.75) is 50.5 Å². The zero-order chi connectivity index (χ0) is 20.0. The van der Waals surface area contributed by atoms with E-state index in [2.05, 4.69) is 5.32 Å². The van der Waals surface area contributed by atoms with Crippen LogP contribution in [0.2, 0.25) is 0 Å². The van der Waals surface area contributed by atoms with Gasteiger partial charge < -0.3 is 10.1 Å². The summed E-state index contributed by atoms with van der Waals surface area (Å²) in [5, 5.41) is 2.80. The topological polar surface area (TPSA) is 55.4 Å². The van der Waals surface area contributed by atoms with Crippen molar-refractivity contribution in [2.24, 2.45) is 0 Å². The van der Waals surface area contributed by atoms with Crippen LogP contribution in [0, 0.1) is 5.82 Å². The summed E-state index contributed by atoms with van der Waals surface area (Å²) >= 11 is 0. The predicted molar refractivity (Wildman–Crippen MR) is 105 cm³/mol. The molecule has 0 bridgehead atoms. The molecule has 0 unspecified atom stereocenters. The summed E-state index contributed by atoms with van der Waals surface area (Å²) in [4.78, 5) is 25.3. The maximum Gasteiger partial charge on any atom is 0.317 e. The van der Waals surface area contributed by atoms with E-state index in [9.17, 15) is 14.0 Å². The molecule has 4 nitrogen and oxygen atoms in total. The van der Waals surface area contributed by atoms with Gasteiger partial charge in [-0.25, -0.2) is 4.39 Å². The third-order valence-corrected chi connectivity index (χ3v) is 5.45. The van der Waals surface area contributed by atoms with Crippen molar-refractivity contribution in [3.05, 3.63) is 71.5 Å². The lowest BCUT2D eigenvalue weighted by Crippen LogP contribution is -2.42. The van der Waals surface area contributed by atoms with Crippen molar-refractivity contribution in [1.82, 2.24) is 5.32 Å². The minimum Gasteiger partial charge on any atom is -0.452 e. The van der Waals surface area contributed by atoms with Crippen LogP contribution in [0.5, 0.6) is 0 Å². The summed E-state index contributed by atoms with van der Waals surface area (Å²) in [5.74, 6) is -1.26. The van der Waals surface area contributed by atoms with E-state index in [0.717, 1.165) is 18.4 Å².